The lowest BCUT2D eigenvalue weighted by Gasteiger charge is -2.46. The van der Waals surface area contributed by atoms with Gasteiger partial charge in [0, 0.05) is 37.4 Å². The summed E-state index contributed by atoms with van der Waals surface area (Å²) in [5.41, 5.74) is 1.53. The van der Waals surface area contributed by atoms with Gasteiger partial charge in [0.1, 0.15) is 22.7 Å². The van der Waals surface area contributed by atoms with Gasteiger partial charge in [0.25, 0.3) is 0 Å². The number of methoxy groups -OCH3 is 2. The molecule has 0 spiro atoms. The van der Waals surface area contributed by atoms with E-state index in [9.17, 15) is 0 Å². The Labute approximate surface area is 284 Å². The van der Waals surface area contributed by atoms with E-state index in [1.807, 2.05) is 73.3 Å². The zero-order chi connectivity index (χ0) is 33.9. The van der Waals surface area contributed by atoms with Gasteiger partial charge in [-0.15, -0.1) is 0 Å². The van der Waals surface area contributed by atoms with E-state index in [4.69, 9.17) is 42.4 Å². The smallest absolute Gasteiger partial charge is 0.326 e. The second kappa shape index (κ2) is 14.3. The molecule has 2 amide bonds. The Morgan fingerprint density at radius 1 is 0.870 bits per heavy atom. The quantitative estimate of drug-likeness (QED) is 0.205. The molecular formula is C37H47Cl2N3O4. The molecule has 0 unspecified atom stereocenters. The van der Waals surface area contributed by atoms with E-state index in [0.717, 1.165) is 22.3 Å². The van der Waals surface area contributed by atoms with Crippen LogP contribution in [0, 0.1) is 0 Å². The van der Waals surface area contributed by atoms with Crippen molar-refractivity contribution in [2.75, 3.05) is 40.5 Å². The maximum absolute atomic E-state index is 15.1. The fraction of sp³-hybridized carbons (Fsp3) is 0.459. The van der Waals surface area contributed by atoms with Crippen LogP contribution in [0.3, 0.4) is 0 Å². The van der Waals surface area contributed by atoms with Gasteiger partial charge in [-0.05, 0) is 86.2 Å². The largest absolute Gasteiger partial charge is 0.490 e. The second-order valence-corrected chi connectivity index (χ2v) is 14.2. The number of rotatable bonds is 11. The number of amides is 2. The number of aliphatic imine (C=N–C) groups is 1. The molecule has 1 aliphatic rings. The van der Waals surface area contributed by atoms with Crippen LogP contribution >= 0.6 is 23.2 Å². The van der Waals surface area contributed by atoms with Gasteiger partial charge in [0.2, 0.25) is 0 Å². The molecule has 0 bridgehead atoms. The molecule has 0 fully saturated rings. The highest BCUT2D eigenvalue weighted by atomic mass is 35.5. The van der Waals surface area contributed by atoms with E-state index < -0.39 is 11.1 Å². The molecule has 7 nitrogen and oxygen atoms in total. The first-order chi connectivity index (χ1) is 21.7. The molecule has 3 aromatic carbocycles. The highest BCUT2D eigenvalue weighted by Crippen LogP contribution is 2.54. The minimum absolute atomic E-state index is 0.106. The number of benzene rings is 3. The van der Waals surface area contributed by atoms with Crippen LogP contribution in [0.15, 0.2) is 71.7 Å². The van der Waals surface area contributed by atoms with Crippen LogP contribution in [-0.4, -0.2) is 68.3 Å². The van der Waals surface area contributed by atoms with Crippen LogP contribution in [-0.2, 0) is 26.0 Å². The fourth-order valence-corrected chi connectivity index (χ4v) is 6.19. The third kappa shape index (κ3) is 7.08. The summed E-state index contributed by atoms with van der Waals surface area (Å²) >= 11 is 12.8. The summed E-state index contributed by atoms with van der Waals surface area (Å²) in [5, 5.41) is 1.22. The minimum atomic E-state index is -1.02. The number of amidine groups is 1. The van der Waals surface area contributed by atoms with Gasteiger partial charge >= 0.3 is 6.03 Å². The molecule has 0 saturated heterocycles. The Morgan fingerprint density at radius 2 is 1.39 bits per heavy atom. The highest BCUT2D eigenvalue weighted by Gasteiger charge is 2.60. The van der Waals surface area contributed by atoms with E-state index in [1.54, 1.807) is 19.1 Å². The van der Waals surface area contributed by atoms with Crippen LogP contribution in [0.1, 0.15) is 70.7 Å². The van der Waals surface area contributed by atoms with Gasteiger partial charge in [-0.2, -0.15) is 0 Å². The molecule has 0 aromatic heterocycles. The van der Waals surface area contributed by atoms with Crippen LogP contribution in [0.2, 0.25) is 10.0 Å². The second-order valence-electron chi connectivity index (χ2n) is 13.3. The molecule has 0 aliphatic carbocycles. The molecule has 1 aliphatic heterocycles. The van der Waals surface area contributed by atoms with Crippen molar-refractivity contribution >= 4 is 35.1 Å². The summed E-state index contributed by atoms with van der Waals surface area (Å²) in [6.45, 7) is 16.1. The monoisotopic (exact) mass is 667 g/mol. The third-order valence-electron chi connectivity index (χ3n) is 8.79. The van der Waals surface area contributed by atoms with Gasteiger partial charge in [-0.25, -0.2) is 4.79 Å². The molecule has 46 heavy (non-hydrogen) atoms. The number of hydrogen-bond acceptors (Lipinski definition) is 5. The van der Waals surface area contributed by atoms with Crippen molar-refractivity contribution in [1.82, 2.24) is 9.80 Å². The number of carbonyl (C=O) groups excluding carboxylic acids is 1. The van der Waals surface area contributed by atoms with Crippen LogP contribution < -0.4 is 4.74 Å². The standard InChI is InChI=1S/C37H47Cl2N3O4/c1-25(2)46-32-24-28(35(3,4)5)14-19-31(32)33-40-36(6,26-10-15-29(38)16-11-26)37(7,27-12-17-30(39)18-13-27)42(33)34(43)41(20-22-44-8)21-23-45-9/h10-19,24-25H,20-23H2,1-9H3/t36-,37-/m0/s1. The van der Waals surface area contributed by atoms with E-state index >= 15 is 4.79 Å². The lowest BCUT2D eigenvalue weighted by molar-refractivity contribution is 0.0834. The van der Waals surface area contributed by atoms with Gasteiger partial charge in [-0.1, -0.05) is 74.3 Å². The summed E-state index contributed by atoms with van der Waals surface area (Å²) in [4.78, 5) is 24.2. The zero-order valence-electron chi connectivity index (χ0n) is 28.5. The molecule has 1 heterocycles. The summed E-state index contributed by atoms with van der Waals surface area (Å²) in [6, 6.07) is 21.3. The van der Waals surface area contributed by atoms with E-state index in [1.165, 1.54) is 0 Å². The minimum Gasteiger partial charge on any atom is -0.490 e. The topological polar surface area (TPSA) is 63.6 Å². The Balaban J connectivity index is 2.08. The lowest BCUT2D eigenvalue weighted by atomic mass is 9.71. The number of ether oxygens (including phenoxy) is 3. The Hall–Kier alpha value is -3.10. The highest BCUT2D eigenvalue weighted by molar-refractivity contribution is 6.30. The Kier molecular flexibility index (Phi) is 11.1. The van der Waals surface area contributed by atoms with Crippen molar-refractivity contribution < 1.29 is 19.0 Å². The normalized spacial score (nSPS) is 19.8. The van der Waals surface area contributed by atoms with Crippen molar-refractivity contribution in [3.05, 3.63) is 99.0 Å². The van der Waals surface area contributed by atoms with Crippen molar-refractivity contribution in [1.29, 1.82) is 0 Å². The number of halogens is 2. The van der Waals surface area contributed by atoms with Gasteiger partial charge in [0.05, 0.1) is 24.9 Å². The molecule has 0 saturated carbocycles. The maximum atomic E-state index is 15.1. The number of carbonyl (C=O) groups is 1. The predicted octanol–water partition coefficient (Wildman–Crippen LogP) is 8.69. The third-order valence-corrected chi connectivity index (χ3v) is 9.30. The maximum Gasteiger partial charge on any atom is 0.326 e. The van der Waals surface area contributed by atoms with Crippen molar-refractivity contribution in [2.24, 2.45) is 4.99 Å². The summed E-state index contributed by atoms with van der Waals surface area (Å²) in [6.07, 6.45) is -0.106. The summed E-state index contributed by atoms with van der Waals surface area (Å²) < 4.78 is 17.3. The molecule has 2 atom stereocenters. The molecule has 0 N–H and O–H groups in total. The van der Waals surface area contributed by atoms with Crippen LogP contribution in [0.4, 0.5) is 4.79 Å². The first kappa shape index (κ1) is 35.7. The van der Waals surface area contributed by atoms with Crippen molar-refractivity contribution in [2.45, 2.75) is 71.1 Å². The molecule has 3 aromatic rings. The number of nitrogens with zero attached hydrogens (tertiary/aromatic N) is 3. The fourth-order valence-electron chi connectivity index (χ4n) is 5.94. The molecule has 9 heteroatoms. The van der Waals surface area contributed by atoms with Crippen LogP contribution in [0.5, 0.6) is 5.75 Å². The molecular weight excluding hydrogens is 621 g/mol. The Bertz CT molecular complexity index is 1530. The number of urea groups is 1. The van der Waals surface area contributed by atoms with Crippen LogP contribution in [0.25, 0.3) is 0 Å². The predicted molar refractivity (Wildman–Crippen MR) is 188 cm³/mol. The Morgan fingerprint density at radius 3 is 1.87 bits per heavy atom. The van der Waals surface area contributed by atoms with Gasteiger partial charge in [-0.3, -0.25) is 9.89 Å². The zero-order valence-corrected chi connectivity index (χ0v) is 30.0. The lowest BCUT2D eigenvalue weighted by Crippen LogP contribution is -2.59. The SMILES string of the molecule is COCCN(CCOC)C(=O)N1C(c2ccc(C(C)(C)C)cc2OC(C)C)=N[C@@](C)(c2ccc(Cl)cc2)[C@]1(C)c1ccc(Cl)cc1. The van der Waals surface area contributed by atoms with Crippen molar-refractivity contribution in [3.63, 3.8) is 0 Å². The average Bonchev–Trinajstić information content (AvgIpc) is 3.24. The molecule has 4 rings (SSSR count). The molecule has 0 radical (unpaired) electrons. The summed E-state index contributed by atoms with van der Waals surface area (Å²) in [7, 11) is 3.26. The van der Waals surface area contributed by atoms with Gasteiger partial charge in [0.15, 0.2) is 0 Å². The molecule has 248 valence electrons. The van der Waals surface area contributed by atoms with Crippen molar-refractivity contribution in [3.8, 4) is 5.75 Å². The first-order valence-electron chi connectivity index (χ1n) is 15.7. The average molecular weight is 669 g/mol. The first-order valence-corrected chi connectivity index (χ1v) is 16.4. The van der Waals surface area contributed by atoms with E-state index in [2.05, 4.69) is 46.8 Å². The number of hydrogen-bond donors (Lipinski definition) is 0. The van der Waals surface area contributed by atoms with E-state index in [0.29, 0.717) is 47.9 Å². The van der Waals surface area contributed by atoms with E-state index in [-0.39, 0.29) is 17.6 Å². The van der Waals surface area contributed by atoms with Gasteiger partial charge < -0.3 is 19.1 Å². The summed E-state index contributed by atoms with van der Waals surface area (Å²) in [5.74, 6) is 1.17.